The van der Waals surface area contributed by atoms with Crippen LogP contribution in [-0.4, -0.2) is 9.97 Å². The Hall–Kier alpha value is -1.65. The van der Waals surface area contributed by atoms with Crippen LogP contribution in [0.1, 0.15) is 5.56 Å². The van der Waals surface area contributed by atoms with Crippen LogP contribution in [0.15, 0.2) is 47.6 Å². The summed E-state index contributed by atoms with van der Waals surface area (Å²) < 4.78 is 0. The highest BCUT2D eigenvalue weighted by Gasteiger charge is 2.05. The number of para-hydroxylation sites is 2. The monoisotopic (exact) mass is 289 g/mol. The first-order valence-corrected chi connectivity index (χ1v) is 7.20. The fourth-order valence-corrected chi connectivity index (χ4v) is 3.05. The highest BCUT2D eigenvalue weighted by molar-refractivity contribution is 7.98. The molecule has 1 aromatic heterocycles. The number of nitrogens with two attached hydrogens (primary N) is 1. The van der Waals surface area contributed by atoms with Gasteiger partial charge in [0.05, 0.1) is 11.0 Å². The topological polar surface area (TPSA) is 54.7 Å². The third kappa shape index (κ3) is 2.69. The largest absolute Gasteiger partial charge is 0.399 e. The van der Waals surface area contributed by atoms with E-state index in [1.807, 2.05) is 36.4 Å². The fourth-order valence-electron chi connectivity index (χ4n) is 1.82. The second-order valence-electron chi connectivity index (χ2n) is 4.20. The maximum Gasteiger partial charge on any atom is 0.166 e. The summed E-state index contributed by atoms with van der Waals surface area (Å²) in [5.74, 6) is 0.763. The number of fused-ring (bicyclic) bond motifs is 1. The lowest BCUT2D eigenvalue weighted by Crippen LogP contribution is -1.88. The molecule has 0 saturated carbocycles. The van der Waals surface area contributed by atoms with Gasteiger partial charge < -0.3 is 10.7 Å². The predicted octanol–water partition coefficient (Wildman–Crippen LogP) is 4.09. The summed E-state index contributed by atoms with van der Waals surface area (Å²) in [5.41, 5.74) is 9.45. The molecule has 0 saturated heterocycles. The Morgan fingerprint density at radius 1 is 1.21 bits per heavy atom. The summed E-state index contributed by atoms with van der Waals surface area (Å²) in [5, 5.41) is 1.60. The molecule has 2 aromatic carbocycles. The zero-order valence-corrected chi connectivity index (χ0v) is 11.6. The predicted molar refractivity (Wildman–Crippen MR) is 81.5 cm³/mol. The minimum absolute atomic E-state index is 0.683. The van der Waals surface area contributed by atoms with E-state index in [2.05, 4.69) is 9.97 Å². The number of aromatic amines is 1. The summed E-state index contributed by atoms with van der Waals surface area (Å²) in [6.45, 7) is 0. The molecule has 0 amide bonds. The molecule has 0 unspecified atom stereocenters. The Kier molecular flexibility index (Phi) is 3.36. The van der Waals surface area contributed by atoms with Crippen LogP contribution < -0.4 is 5.73 Å². The molecular formula is C14H12ClN3S. The number of aromatic nitrogens is 2. The van der Waals surface area contributed by atoms with Gasteiger partial charge in [-0.25, -0.2) is 4.98 Å². The second-order valence-corrected chi connectivity index (χ2v) is 5.57. The molecule has 0 spiro atoms. The van der Waals surface area contributed by atoms with E-state index < -0.39 is 0 Å². The summed E-state index contributed by atoms with van der Waals surface area (Å²) in [4.78, 5) is 7.80. The van der Waals surface area contributed by atoms with Gasteiger partial charge >= 0.3 is 0 Å². The average Bonchev–Trinajstić information content (AvgIpc) is 2.80. The van der Waals surface area contributed by atoms with E-state index in [0.717, 1.165) is 27.5 Å². The lowest BCUT2D eigenvalue weighted by Gasteiger charge is -2.03. The molecule has 3 aromatic rings. The summed E-state index contributed by atoms with van der Waals surface area (Å²) in [7, 11) is 0. The van der Waals surface area contributed by atoms with Gasteiger partial charge in [0.1, 0.15) is 0 Å². The Bertz CT molecular complexity index is 691. The van der Waals surface area contributed by atoms with Gasteiger partial charge in [0, 0.05) is 16.5 Å². The number of nitrogens with one attached hydrogen (secondary N) is 1. The Labute approximate surface area is 120 Å². The van der Waals surface area contributed by atoms with Gasteiger partial charge in [-0.15, -0.1) is 0 Å². The molecule has 0 fully saturated rings. The zero-order valence-electron chi connectivity index (χ0n) is 10.1. The Morgan fingerprint density at radius 3 is 2.84 bits per heavy atom. The van der Waals surface area contributed by atoms with Crippen molar-refractivity contribution in [2.45, 2.75) is 10.9 Å². The molecule has 5 heteroatoms. The highest BCUT2D eigenvalue weighted by atomic mass is 35.5. The molecule has 19 heavy (non-hydrogen) atoms. The molecule has 1 heterocycles. The number of benzene rings is 2. The number of imidazole rings is 1. The summed E-state index contributed by atoms with van der Waals surface area (Å²) in [6, 6.07) is 13.6. The van der Waals surface area contributed by atoms with Crippen molar-refractivity contribution in [1.29, 1.82) is 0 Å². The van der Waals surface area contributed by atoms with Crippen LogP contribution in [0.5, 0.6) is 0 Å². The molecule has 0 radical (unpaired) electrons. The van der Waals surface area contributed by atoms with Crippen molar-refractivity contribution in [3.63, 3.8) is 0 Å². The van der Waals surface area contributed by atoms with Crippen molar-refractivity contribution >= 4 is 40.1 Å². The van der Waals surface area contributed by atoms with Gasteiger partial charge in [-0.3, -0.25) is 0 Å². The summed E-state index contributed by atoms with van der Waals surface area (Å²) in [6.07, 6.45) is 0. The van der Waals surface area contributed by atoms with Crippen molar-refractivity contribution in [2.24, 2.45) is 0 Å². The van der Waals surface area contributed by atoms with E-state index in [0.29, 0.717) is 10.7 Å². The third-order valence-corrected chi connectivity index (χ3v) is 4.08. The van der Waals surface area contributed by atoms with Crippen molar-refractivity contribution < 1.29 is 0 Å². The van der Waals surface area contributed by atoms with E-state index in [1.54, 1.807) is 17.8 Å². The molecule has 0 bridgehead atoms. The molecular weight excluding hydrogens is 278 g/mol. The van der Waals surface area contributed by atoms with Crippen molar-refractivity contribution in [1.82, 2.24) is 9.97 Å². The maximum absolute atomic E-state index is 6.15. The van der Waals surface area contributed by atoms with Crippen LogP contribution >= 0.6 is 23.4 Å². The van der Waals surface area contributed by atoms with E-state index in [9.17, 15) is 0 Å². The number of thioether (sulfide) groups is 1. The second kappa shape index (κ2) is 5.15. The SMILES string of the molecule is Nc1ccc(CSc2nc3ccccc3[nH]2)c(Cl)c1. The number of hydrogen-bond donors (Lipinski definition) is 2. The molecule has 0 aliphatic carbocycles. The van der Waals surface area contributed by atoms with Gasteiger partial charge in [0.2, 0.25) is 0 Å². The van der Waals surface area contributed by atoms with Crippen molar-refractivity contribution in [3.05, 3.63) is 53.1 Å². The van der Waals surface area contributed by atoms with E-state index in [-0.39, 0.29) is 0 Å². The number of halogens is 1. The van der Waals surface area contributed by atoms with Crippen molar-refractivity contribution in [2.75, 3.05) is 5.73 Å². The number of nitrogen functional groups attached to an aromatic ring is 1. The number of H-pyrrole nitrogens is 1. The maximum atomic E-state index is 6.15. The molecule has 0 aliphatic rings. The van der Waals surface area contributed by atoms with Gasteiger partial charge in [-0.05, 0) is 29.8 Å². The normalized spacial score (nSPS) is 11.0. The number of anilines is 1. The standard InChI is InChI=1S/C14H12ClN3S/c15-11-7-10(16)6-5-9(11)8-19-14-17-12-3-1-2-4-13(12)18-14/h1-7H,8,16H2,(H,17,18). The minimum atomic E-state index is 0.683. The smallest absolute Gasteiger partial charge is 0.166 e. The number of hydrogen-bond acceptors (Lipinski definition) is 3. The first kappa shape index (κ1) is 12.4. The van der Waals surface area contributed by atoms with E-state index in [4.69, 9.17) is 17.3 Å². The quantitative estimate of drug-likeness (QED) is 0.564. The first-order chi connectivity index (χ1) is 9.22. The van der Waals surface area contributed by atoms with Crippen molar-refractivity contribution in [3.8, 4) is 0 Å². The van der Waals surface area contributed by atoms with Crippen LogP contribution in [0.2, 0.25) is 5.02 Å². The molecule has 0 aliphatic heterocycles. The van der Waals surface area contributed by atoms with Crippen LogP contribution in [0.3, 0.4) is 0 Å². The summed E-state index contributed by atoms with van der Waals surface area (Å²) >= 11 is 7.78. The molecule has 3 rings (SSSR count). The Morgan fingerprint density at radius 2 is 2.05 bits per heavy atom. The lowest BCUT2D eigenvalue weighted by atomic mass is 10.2. The zero-order chi connectivity index (χ0) is 13.2. The van der Waals surface area contributed by atoms with Gasteiger partial charge in [0.25, 0.3) is 0 Å². The number of nitrogens with zero attached hydrogens (tertiary/aromatic N) is 1. The average molecular weight is 290 g/mol. The van der Waals surface area contributed by atoms with E-state index >= 15 is 0 Å². The third-order valence-electron chi connectivity index (χ3n) is 2.81. The first-order valence-electron chi connectivity index (χ1n) is 5.84. The highest BCUT2D eigenvalue weighted by Crippen LogP contribution is 2.27. The molecule has 3 nitrogen and oxygen atoms in total. The fraction of sp³-hybridized carbons (Fsp3) is 0.0714. The lowest BCUT2D eigenvalue weighted by molar-refractivity contribution is 1.08. The van der Waals surface area contributed by atoms with Gasteiger partial charge in [-0.1, -0.05) is 41.6 Å². The van der Waals surface area contributed by atoms with Crippen LogP contribution in [0, 0.1) is 0 Å². The van der Waals surface area contributed by atoms with Crippen LogP contribution in [0.25, 0.3) is 11.0 Å². The van der Waals surface area contributed by atoms with Crippen LogP contribution in [0.4, 0.5) is 5.69 Å². The molecule has 96 valence electrons. The van der Waals surface area contributed by atoms with Gasteiger partial charge in [0.15, 0.2) is 5.16 Å². The molecule has 3 N–H and O–H groups in total. The molecule has 0 atom stereocenters. The van der Waals surface area contributed by atoms with Gasteiger partial charge in [-0.2, -0.15) is 0 Å². The van der Waals surface area contributed by atoms with E-state index in [1.165, 1.54) is 0 Å². The number of rotatable bonds is 3. The minimum Gasteiger partial charge on any atom is -0.399 e. The van der Waals surface area contributed by atoms with Crippen LogP contribution in [-0.2, 0) is 5.75 Å². The Balaban J connectivity index is 1.78.